The van der Waals surface area contributed by atoms with Crippen LogP contribution in [0.3, 0.4) is 0 Å². The topological polar surface area (TPSA) is 35.5 Å². The highest BCUT2D eigenvalue weighted by molar-refractivity contribution is 5.83. The lowest BCUT2D eigenvalue weighted by molar-refractivity contribution is -0.137. The normalized spacial score (nSPS) is 25.2. The minimum Gasteiger partial charge on any atom is -0.492 e. The molecule has 1 heterocycles. The summed E-state index contributed by atoms with van der Waals surface area (Å²) in [5.41, 5.74) is 5.44. The van der Waals surface area contributed by atoms with Crippen molar-refractivity contribution in [3.05, 3.63) is 52.6 Å². The molecule has 3 rings (SSSR count). The Morgan fingerprint density at radius 3 is 2.60 bits per heavy atom. The van der Waals surface area contributed by atoms with E-state index in [1.54, 1.807) is 6.08 Å². The summed E-state index contributed by atoms with van der Waals surface area (Å²) in [5, 5.41) is 0. The summed E-state index contributed by atoms with van der Waals surface area (Å²) in [7, 11) is 0. The van der Waals surface area contributed by atoms with Gasteiger partial charge in [0.2, 0.25) is 0 Å². The molecule has 0 saturated heterocycles. The van der Waals surface area contributed by atoms with Crippen molar-refractivity contribution in [2.75, 3.05) is 13.2 Å². The molecule has 2 aliphatic rings. The van der Waals surface area contributed by atoms with Gasteiger partial charge in [0.15, 0.2) is 0 Å². The second-order valence-corrected chi connectivity index (χ2v) is 11.1. The van der Waals surface area contributed by atoms with Crippen molar-refractivity contribution in [2.24, 2.45) is 11.3 Å². The van der Waals surface area contributed by atoms with E-state index in [2.05, 4.69) is 65.8 Å². The average molecular weight is 411 g/mol. The highest BCUT2D eigenvalue weighted by Gasteiger charge is 2.50. The number of benzene rings is 1. The number of esters is 1. The van der Waals surface area contributed by atoms with Crippen LogP contribution in [0.25, 0.3) is 0 Å². The largest absolute Gasteiger partial charge is 0.492 e. The van der Waals surface area contributed by atoms with Gasteiger partial charge in [-0.3, -0.25) is 0 Å². The zero-order chi connectivity index (χ0) is 22.3. The molecule has 3 nitrogen and oxygen atoms in total. The Morgan fingerprint density at radius 2 is 1.97 bits per heavy atom. The molecule has 0 spiro atoms. The van der Waals surface area contributed by atoms with Crippen LogP contribution in [0.1, 0.15) is 78.5 Å². The van der Waals surface area contributed by atoms with Gasteiger partial charge in [-0.25, -0.2) is 4.79 Å². The van der Waals surface area contributed by atoms with E-state index in [0.29, 0.717) is 12.5 Å². The number of rotatable bonds is 6. The van der Waals surface area contributed by atoms with Gasteiger partial charge in [-0.1, -0.05) is 65.8 Å². The maximum Gasteiger partial charge on any atom is 0.330 e. The number of carbonyl (C=O) groups is 1. The Balaban J connectivity index is 1.87. The van der Waals surface area contributed by atoms with Gasteiger partial charge in [-0.15, -0.1) is 0 Å². The minimum atomic E-state index is -0.272. The van der Waals surface area contributed by atoms with E-state index in [9.17, 15) is 4.79 Å². The van der Waals surface area contributed by atoms with Crippen molar-refractivity contribution in [1.82, 2.24) is 0 Å². The molecular formula is C27H38O3. The van der Waals surface area contributed by atoms with Crippen LogP contribution in [0.4, 0.5) is 0 Å². The van der Waals surface area contributed by atoms with Crippen LogP contribution < -0.4 is 4.74 Å². The number of ether oxygens (including phenoxy) is 2. The predicted molar refractivity (Wildman–Crippen MR) is 123 cm³/mol. The molecule has 0 amide bonds. The van der Waals surface area contributed by atoms with E-state index in [-0.39, 0.29) is 22.2 Å². The molecule has 1 aliphatic carbocycles. The van der Waals surface area contributed by atoms with E-state index in [4.69, 9.17) is 9.47 Å². The molecule has 1 fully saturated rings. The molecule has 1 aliphatic heterocycles. The van der Waals surface area contributed by atoms with Gasteiger partial charge in [0.05, 0.1) is 13.2 Å². The summed E-state index contributed by atoms with van der Waals surface area (Å²) in [6, 6.07) is 4.78. The molecule has 30 heavy (non-hydrogen) atoms. The Hall–Kier alpha value is -2.03. The molecule has 0 unspecified atom stereocenters. The number of hydrogen-bond donors (Lipinski definition) is 0. The van der Waals surface area contributed by atoms with Crippen LogP contribution in [0.5, 0.6) is 5.75 Å². The van der Waals surface area contributed by atoms with E-state index in [1.165, 1.54) is 16.7 Å². The molecule has 1 saturated carbocycles. The first-order chi connectivity index (χ1) is 13.9. The first kappa shape index (κ1) is 22.7. The van der Waals surface area contributed by atoms with Gasteiger partial charge < -0.3 is 9.47 Å². The highest BCUT2D eigenvalue weighted by Crippen LogP contribution is 2.57. The predicted octanol–water partition coefficient (Wildman–Crippen LogP) is 6.29. The van der Waals surface area contributed by atoms with Crippen LogP contribution in [0.2, 0.25) is 0 Å². The van der Waals surface area contributed by atoms with Gasteiger partial charge >= 0.3 is 5.97 Å². The van der Waals surface area contributed by atoms with Crippen LogP contribution in [-0.2, 0) is 26.8 Å². The molecule has 3 heteroatoms. The second kappa shape index (κ2) is 7.90. The summed E-state index contributed by atoms with van der Waals surface area (Å²) in [6.45, 7) is 18.7. The maximum absolute atomic E-state index is 11.6. The van der Waals surface area contributed by atoms with Crippen LogP contribution in [0.15, 0.2) is 35.9 Å². The molecule has 0 bridgehead atoms. The quantitative estimate of drug-likeness (QED) is 0.314. The van der Waals surface area contributed by atoms with Crippen molar-refractivity contribution in [2.45, 2.75) is 79.1 Å². The van der Waals surface area contributed by atoms with Gasteiger partial charge in [0.25, 0.3) is 0 Å². The summed E-state index contributed by atoms with van der Waals surface area (Å²) >= 11 is 0. The third-order valence-corrected chi connectivity index (χ3v) is 6.38. The molecule has 1 aromatic carbocycles. The Bertz CT molecular complexity index is 882. The van der Waals surface area contributed by atoms with Gasteiger partial charge in [0.1, 0.15) is 5.75 Å². The Labute approximate surface area is 182 Å². The lowest BCUT2D eigenvalue weighted by Gasteiger charge is -2.23. The average Bonchev–Trinajstić information content (AvgIpc) is 3.18. The number of allylic oxidation sites excluding steroid dienone is 3. The molecule has 0 radical (unpaired) electrons. The lowest BCUT2D eigenvalue weighted by atomic mass is 9.79. The molecule has 1 aromatic rings. The van der Waals surface area contributed by atoms with E-state index in [0.717, 1.165) is 30.8 Å². The maximum atomic E-state index is 11.6. The van der Waals surface area contributed by atoms with Crippen molar-refractivity contribution in [3.8, 4) is 5.75 Å². The fourth-order valence-corrected chi connectivity index (χ4v) is 4.42. The Morgan fingerprint density at radius 1 is 1.27 bits per heavy atom. The van der Waals surface area contributed by atoms with Crippen LogP contribution in [0, 0.1) is 11.3 Å². The molecule has 2 atom stereocenters. The number of hydrogen-bond acceptors (Lipinski definition) is 3. The van der Waals surface area contributed by atoms with Crippen molar-refractivity contribution in [1.29, 1.82) is 0 Å². The summed E-state index contributed by atoms with van der Waals surface area (Å²) in [5.74, 6) is 1.32. The number of fused-ring (bicyclic) bond motifs is 1. The third kappa shape index (κ3) is 4.82. The van der Waals surface area contributed by atoms with Crippen molar-refractivity contribution < 1.29 is 14.3 Å². The summed E-state index contributed by atoms with van der Waals surface area (Å²) in [4.78, 5) is 11.6. The van der Waals surface area contributed by atoms with E-state index < -0.39 is 0 Å². The summed E-state index contributed by atoms with van der Waals surface area (Å²) < 4.78 is 11.2. The van der Waals surface area contributed by atoms with Crippen LogP contribution in [-0.4, -0.2) is 19.2 Å². The minimum absolute atomic E-state index is 0.0491. The fourth-order valence-electron chi connectivity index (χ4n) is 4.42. The smallest absolute Gasteiger partial charge is 0.330 e. The van der Waals surface area contributed by atoms with Crippen molar-refractivity contribution >= 4 is 5.97 Å². The number of carbonyl (C=O) groups excluding carboxylic acids is 1. The Kier molecular flexibility index (Phi) is 5.97. The standard InChI is InChI=1S/C27H38O3/c1-9-29-23(28)12-18(2)10-11-20-16-27(20,8)21-13-19(15-25(3,4)5)24-22(14-21)26(6,7)17-30-24/h10-14,20H,9,15-17H2,1-8H3/t20-,27+/m1/s1. The van der Waals surface area contributed by atoms with E-state index >= 15 is 0 Å². The first-order valence-corrected chi connectivity index (χ1v) is 11.2. The van der Waals surface area contributed by atoms with Crippen LogP contribution >= 0.6 is 0 Å². The van der Waals surface area contributed by atoms with Gasteiger partial charge in [-0.05, 0) is 60.1 Å². The zero-order valence-corrected chi connectivity index (χ0v) is 20.0. The zero-order valence-electron chi connectivity index (χ0n) is 20.0. The molecule has 0 aromatic heterocycles. The van der Waals surface area contributed by atoms with Gasteiger partial charge in [-0.2, -0.15) is 0 Å². The van der Waals surface area contributed by atoms with E-state index in [1.807, 2.05) is 13.8 Å². The molecular weight excluding hydrogens is 372 g/mol. The second-order valence-electron chi connectivity index (χ2n) is 11.1. The lowest BCUT2D eigenvalue weighted by Crippen LogP contribution is -2.19. The van der Waals surface area contributed by atoms with Crippen molar-refractivity contribution in [3.63, 3.8) is 0 Å². The third-order valence-electron chi connectivity index (χ3n) is 6.38. The molecule has 0 N–H and O–H groups in total. The highest BCUT2D eigenvalue weighted by atomic mass is 16.5. The fraction of sp³-hybridized carbons (Fsp3) is 0.593. The summed E-state index contributed by atoms with van der Waals surface area (Å²) in [6.07, 6.45) is 8.02. The van der Waals surface area contributed by atoms with Gasteiger partial charge in [0, 0.05) is 17.1 Å². The monoisotopic (exact) mass is 410 g/mol. The first-order valence-electron chi connectivity index (χ1n) is 11.2. The molecule has 164 valence electrons. The SMILES string of the molecule is CCOC(=O)C=C(C)C=C[C@@H]1C[C@]1(C)c1cc(CC(C)(C)C)c2c(c1)C(C)(C)CO2.